The molecule has 0 atom stereocenters. The van der Waals surface area contributed by atoms with Crippen molar-refractivity contribution < 1.29 is 0 Å². The monoisotopic (exact) mass is 135 g/mol. The van der Waals surface area contributed by atoms with Crippen LogP contribution in [-0.2, 0) is 0 Å². The standard InChI is InChI=1S/C9H13N/c1-5-9(4)6-7-10-8(2)3/h5-7H,1-2H2,3-4H3/b9-6-,10-7+. The first-order valence-corrected chi connectivity index (χ1v) is 3.15. The van der Waals surface area contributed by atoms with Crippen LogP contribution in [0.15, 0.2) is 41.6 Å². The molecule has 1 heteroatoms. The van der Waals surface area contributed by atoms with Gasteiger partial charge in [-0.15, -0.1) is 0 Å². The first-order chi connectivity index (χ1) is 4.66. The van der Waals surface area contributed by atoms with Gasteiger partial charge in [0.25, 0.3) is 0 Å². The molecule has 0 aromatic heterocycles. The van der Waals surface area contributed by atoms with E-state index in [0.717, 1.165) is 11.3 Å². The minimum atomic E-state index is 0.813. The van der Waals surface area contributed by atoms with Gasteiger partial charge < -0.3 is 0 Å². The molecule has 0 aromatic carbocycles. The van der Waals surface area contributed by atoms with Crippen LogP contribution in [0.25, 0.3) is 0 Å². The van der Waals surface area contributed by atoms with Gasteiger partial charge in [-0.2, -0.15) is 0 Å². The van der Waals surface area contributed by atoms with Gasteiger partial charge in [0.05, 0.1) is 0 Å². The summed E-state index contributed by atoms with van der Waals surface area (Å²) in [4.78, 5) is 3.97. The van der Waals surface area contributed by atoms with Gasteiger partial charge in [-0.1, -0.05) is 24.8 Å². The predicted molar refractivity (Wildman–Crippen MR) is 47.3 cm³/mol. The summed E-state index contributed by atoms with van der Waals surface area (Å²) in [6, 6.07) is 0. The molecule has 1 nitrogen and oxygen atoms in total. The zero-order valence-electron chi connectivity index (χ0n) is 6.59. The van der Waals surface area contributed by atoms with Gasteiger partial charge >= 0.3 is 0 Å². The fourth-order valence-electron chi connectivity index (χ4n) is 0.350. The highest BCUT2D eigenvalue weighted by Crippen LogP contribution is 1.91. The molecule has 0 unspecified atom stereocenters. The van der Waals surface area contributed by atoms with Crippen molar-refractivity contribution in [1.29, 1.82) is 0 Å². The van der Waals surface area contributed by atoms with E-state index in [1.165, 1.54) is 0 Å². The summed E-state index contributed by atoms with van der Waals surface area (Å²) in [6.07, 6.45) is 5.39. The van der Waals surface area contributed by atoms with Crippen molar-refractivity contribution in [3.05, 3.63) is 36.6 Å². The molecule has 0 amide bonds. The lowest BCUT2D eigenvalue weighted by Crippen LogP contribution is -1.70. The zero-order chi connectivity index (χ0) is 7.98. The minimum absolute atomic E-state index is 0.813. The maximum Gasteiger partial charge on any atom is 0.0300 e. The summed E-state index contributed by atoms with van der Waals surface area (Å²) in [5, 5.41) is 0. The molecule has 0 aliphatic heterocycles. The number of hydrogen-bond acceptors (Lipinski definition) is 1. The van der Waals surface area contributed by atoms with Crippen LogP contribution in [0.3, 0.4) is 0 Å². The molecule has 0 saturated carbocycles. The second-order valence-corrected chi connectivity index (χ2v) is 2.13. The van der Waals surface area contributed by atoms with E-state index in [1.54, 1.807) is 12.3 Å². The maximum absolute atomic E-state index is 3.97. The van der Waals surface area contributed by atoms with E-state index in [4.69, 9.17) is 0 Å². The van der Waals surface area contributed by atoms with Crippen LogP contribution >= 0.6 is 0 Å². The first-order valence-electron chi connectivity index (χ1n) is 3.15. The number of nitrogens with zero attached hydrogens (tertiary/aromatic N) is 1. The lowest BCUT2D eigenvalue weighted by Gasteiger charge is -1.84. The van der Waals surface area contributed by atoms with Gasteiger partial charge in [-0.3, -0.25) is 4.99 Å². The van der Waals surface area contributed by atoms with E-state index < -0.39 is 0 Å². The van der Waals surface area contributed by atoms with E-state index in [2.05, 4.69) is 18.2 Å². The third-order valence-corrected chi connectivity index (χ3v) is 0.954. The number of allylic oxidation sites excluding steroid dienone is 4. The Labute approximate surface area is 62.5 Å². The van der Waals surface area contributed by atoms with E-state index in [1.807, 2.05) is 19.9 Å². The largest absolute Gasteiger partial charge is 0.262 e. The molecule has 0 rings (SSSR count). The van der Waals surface area contributed by atoms with Crippen LogP contribution in [0.4, 0.5) is 0 Å². The molecule has 0 fully saturated rings. The smallest absolute Gasteiger partial charge is 0.0300 e. The molecule has 0 bridgehead atoms. The Morgan fingerprint density at radius 2 is 2.00 bits per heavy atom. The quantitative estimate of drug-likeness (QED) is 0.417. The van der Waals surface area contributed by atoms with Gasteiger partial charge in [0, 0.05) is 11.9 Å². The molecule has 54 valence electrons. The molecule has 0 aliphatic rings. The first kappa shape index (κ1) is 8.89. The molecular formula is C9H13N. The van der Waals surface area contributed by atoms with Crippen LogP contribution in [-0.4, -0.2) is 6.21 Å². The minimum Gasteiger partial charge on any atom is -0.262 e. The number of rotatable bonds is 3. The fraction of sp³-hybridized carbons (Fsp3) is 0.222. The Balaban J connectivity index is 3.93. The molecular weight excluding hydrogens is 122 g/mol. The summed E-state index contributed by atoms with van der Waals surface area (Å²) in [6.45, 7) is 11.1. The molecule has 0 heterocycles. The van der Waals surface area contributed by atoms with Crippen molar-refractivity contribution in [3.63, 3.8) is 0 Å². The third-order valence-electron chi connectivity index (χ3n) is 0.954. The Morgan fingerprint density at radius 1 is 1.40 bits per heavy atom. The van der Waals surface area contributed by atoms with Crippen molar-refractivity contribution in [2.45, 2.75) is 13.8 Å². The topological polar surface area (TPSA) is 12.4 Å². The van der Waals surface area contributed by atoms with Gasteiger partial charge in [-0.25, -0.2) is 0 Å². The van der Waals surface area contributed by atoms with E-state index in [-0.39, 0.29) is 0 Å². The lowest BCUT2D eigenvalue weighted by atomic mass is 10.3. The van der Waals surface area contributed by atoms with Crippen LogP contribution in [0.1, 0.15) is 13.8 Å². The normalized spacial score (nSPS) is 12.0. The molecule has 0 spiro atoms. The van der Waals surface area contributed by atoms with Crippen LogP contribution < -0.4 is 0 Å². The van der Waals surface area contributed by atoms with Crippen LogP contribution in [0.5, 0.6) is 0 Å². The molecule has 10 heavy (non-hydrogen) atoms. The Hall–Kier alpha value is -1.11. The molecule has 0 radical (unpaired) electrons. The Morgan fingerprint density at radius 3 is 2.40 bits per heavy atom. The van der Waals surface area contributed by atoms with E-state index >= 15 is 0 Å². The number of aliphatic imine (C=N–C) groups is 1. The summed E-state index contributed by atoms with van der Waals surface area (Å²) in [5.74, 6) is 0. The average Bonchev–Trinajstić information content (AvgIpc) is 1.87. The highest BCUT2D eigenvalue weighted by Gasteiger charge is 1.74. The van der Waals surface area contributed by atoms with Crippen molar-refractivity contribution >= 4 is 6.21 Å². The summed E-state index contributed by atoms with van der Waals surface area (Å²) < 4.78 is 0. The predicted octanol–water partition coefficient (Wildman–Crippen LogP) is 2.72. The second kappa shape index (κ2) is 4.74. The third kappa shape index (κ3) is 5.04. The van der Waals surface area contributed by atoms with Crippen LogP contribution in [0.2, 0.25) is 0 Å². The van der Waals surface area contributed by atoms with Crippen molar-refractivity contribution in [2.24, 2.45) is 4.99 Å². The Bertz CT molecular complexity index is 185. The molecule has 0 N–H and O–H groups in total. The highest BCUT2D eigenvalue weighted by atomic mass is 14.7. The van der Waals surface area contributed by atoms with Gasteiger partial charge in [0.15, 0.2) is 0 Å². The molecule has 0 saturated heterocycles. The van der Waals surface area contributed by atoms with Crippen molar-refractivity contribution in [3.8, 4) is 0 Å². The van der Waals surface area contributed by atoms with E-state index in [0.29, 0.717) is 0 Å². The lowest BCUT2D eigenvalue weighted by molar-refractivity contribution is 1.34. The SMILES string of the molecule is C=C/C(C)=C\C=N\C(=C)C. The average molecular weight is 135 g/mol. The van der Waals surface area contributed by atoms with Gasteiger partial charge in [0.2, 0.25) is 0 Å². The highest BCUT2D eigenvalue weighted by molar-refractivity contribution is 5.73. The zero-order valence-corrected chi connectivity index (χ0v) is 6.59. The summed E-state index contributed by atoms with van der Waals surface area (Å²) in [5.41, 5.74) is 1.91. The van der Waals surface area contributed by atoms with Gasteiger partial charge in [-0.05, 0) is 19.9 Å². The van der Waals surface area contributed by atoms with Gasteiger partial charge in [0.1, 0.15) is 0 Å². The maximum atomic E-state index is 3.97. The second-order valence-electron chi connectivity index (χ2n) is 2.13. The Kier molecular flexibility index (Phi) is 4.21. The summed E-state index contributed by atoms with van der Waals surface area (Å²) in [7, 11) is 0. The molecule has 0 aliphatic carbocycles. The molecule has 0 aromatic rings. The van der Waals surface area contributed by atoms with Crippen molar-refractivity contribution in [1.82, 2.24) is 0 Å². The number of hydrogen-bond donors (Lipinski definition) is 0. The summed E-state index contributed by atoms with van der Waals surface area (Å²) >= 11 is 0. The van der Waals surface area contributed by atoms with Crippen molar-refractivity contribution in [2.75, 3.05) is 0 Å². The fourth-order valence-corrected chi connectivity index (χ4v) is 0.350. The van der Waals surface area contributed by atoms with E-state index in [9.17, 15) is 0 Å². The van der Waals surface area contributed by atoms with Crippen LogP contribution in [0, 0.1) is 0 Å².